The number of rotatable bonds is 3. The maximum Gasteiger partial charge on any atom is 0.303 e. The zero-order valence-corrected chi connectivity index (χ0v) is 10.8. The van der Waals surface area contributed by atoms with E-state index in [1.165, 1.54) is 13.8 Å². The minimum Gasteiger partial charge on any atom is -0.462 e. The Morgan fingerprint density at radius 3 is 2.50 bits per heavy atom. The molecule has 0 aromatic heterocycles. The second kappa shape index (κ2) is 4.85. The van der Waals surface area contributed by atoms with Crippen molar-refractivity contribution in [2.75, 3.05) is 7.11 Å². The van der Waals surface area contributed by atoms with E-state index < -0.39 is 5.60 Å². The van der Waals surface area contributed by atoms with Crippen molar-refractivity contribution in [3.63, 3.8) is 0 Å². The first-order valence-electron chi connectivity index (χ1n) is 6.00. The molecular formula is C12H18O6. The summed E-state index contributed by atoms with van der Waals surface area (Å²) in [7, 11) is 1.55. The molecule has 2 rings (SSSR count). The lowest BCUT2D eigenvalue weighted by Crippen LogP contribution is -2.38. The molecule has 102 valence electrons. The predicted molar refractivity (Wildman–Crippen MR) is 59.6 cm³/mol. The van der Waals surface area contributed by atoms with Gasteiger partial charge in [0.2, 0.25) is 0 Å². The molecule has 6 heteroatoms. The van der Waals surface area contributed by atoms with Crippen LogP contribution >= 0.6 is 0 Å². The summed E-state index contributed by atoms with van der Waals surface area (Å²) < 4.78 is 21.4. The zero-order valence-electron chi connectivity index (χ0n) is 10.8. The van der Waals surface area contributed by atoms with Crippen LogP contribution < -0.4 is 0 Å². The first kappa shape index (κ1) is 13.3. The van der Waals surface area contributed by atoms with E-state index in [0.29, 0.717) is 19.3 Å². The quantitative estimate of drug-likeness (QED) is 0.696. The van der Waals surface area contributed by atoms with Gasteiger partial charge in [-0.15, -0.1) is 0 Å². The van der Waals surface area contributed by atoms with Gasteiger partial charge in [-0.05, 0) is 0 Å². The summed E-state index contributed by atoms with van der Waals surface area (Å²) in [6.45, 7) is 2.73. The van der Waals surface area contributed by atoms with E-state index >= 15 is 0 Å². The molecule has 1 heterocycles. The number of ether oxygens (including phenoxy) is 4. The fourth-order valence-electron chi connectivity index (χ4n) is 2.86. The minimum atomic E-state index is -0.716. The molecule has 1 aliphatic heterocycles. The Balaban J connectivity index is 2.09. The number of esters is 2. The lowest BCUT2D eigenvalue weighted by Gasteiger charge is -2.26. The number of methoxy groups -OCH3 is 1. The van der Waals surface area contributed by atoms with E-state index in [0.717, 1.165) is 0 Å². The SMILES string of the molecule is COC1C[C@@]2(OC(C)=O)C[C@H](OC(C)=O)C[C@H]2O1. The fourth-order valence-corrected chi connectivity index (χ4v) is 2.86. The van der Waals surface area contributed by atoms with Crippen molar-refractivity contribution >= 4 is 11.9 Å². The van der Waals surface area contributed by atoms with Gasteiger partial charge in [0, 0.05) is 40.2 Å². The third-order valence-electron chi connectivity index (χ3n) is 3.41. The smallest absolute Gasteiger partial charge is 0.303 e. The van der Waals surface area contributed by atoms with Crippen LogP contribution in [0.5, 0.6) is 0 Å². The first-order chi connectivity index (χ1) is 8.45. The highest BCUT2D eigenvalue weighted by atomic mass is 16.7. The number of hydrogen-bond acceptors (Lipinski definition) is 6. The molecule has 0 amide bonds. The highest BCUT2D eigenvalue weighted by molar-refractivity contribution is 5.67. The van der Waals surface area contributed by atoms with Gasteiger partial charge < -0.3 is 18.9 Å². The summed E-state index contributed by atoms with van der Waals surface area (Å²) >= 11 is 0. The van der Waals surface area contributed by atoms with Crippen molar-refractivity contribution < 1.29 is 28.5 Å². The monoisotopic (exact) mass is 258 g/mol. The van der Waals surface area contributed by atoms with Crippen molar-refractivity contribution in [3.8, 4) is 0 Å². The molecule has 0 spiro atoms. The van der Waals surface area contributed by atoms with Crippen LogP contribution in [-0.2, 0) is 28.5 Å². The van der Waals surface area contributed by atoms with Crippen LogP contribution in [0.2, 0.25) is 0 Å². The van der Waals surface area contributed by atoms with Gasteiger partial charge in [0.1, 0.15) is 17.8 Å². The van der Waals surface area contributed by atoms with Gasteiger partial charge >= 0.3 is 11.9 Å². The molecule has 2 fully saturated rings. The van der Waals surface area contributed by atoms with E-state index in [4.69, 9.17) is 18.9 Å². The van der Waals surface area contributed by atoms with E-state index in [-0.39, 0.29) is 30.4 Å². The fraction of sp³-hybridized carbons (Fsp3) is 0.833. The van der Waals surface area contributed by atoms with Crippen LogP contribution in [0.15, 0.2) is 0 Å². The largest absolute Gasteiger partial charge is 0.462 e. The number of fused-ring (bicyclic) bond motifs is 1. The maximum atomic E-state index is 11.2. The third-order valence-corrected chi connectivity index (χ3v) is 3.41. The highest BCUT2D eigenvalue weighted by Crippen LogP contribution is 2.46. The van der Waals surface area contributed by atoms with Gasteiger partial charge in [-0.3, -0.25) is 9.59 Å². The number of carbonyl (C=O) groups excluding carboxylic acids is 2. The minimum absolute atomic E-state index is 0.260. The topological polar surface area (TPSA) is 71.1 Å². The summed E-state index contributed by atoms with van der Waals surface area (Å²) in [5.74, 6) is -0.690. The van der Waals surface area contributed by atoms with Gasteiger partial charge in [0.25, 0.3) is 0 Å². The van der Waals surface area contributed by atoms with Gasteiger partial charge in [0.15, 0.2) is 6.29 Å². The Bertz CT molecular complexity index is 354. The van der Waals surface area contributed by atoms with Crippen molar-refractivity contribution in [2.45, 2.75) is 57.2 Å². The molecule has 0 aromatic carbocycles. The molecule has 1 unspecified atom stereocenters. The Hall–Kier alpha value is -1.14. The van der Waals surface area contributed by atoms with Gasteiger partial charge in [-0.1, -0.05) is 0 Å². The Labute approximate surface area is 106 Å². The van der Waals surface area contributed by atoms with E-state index in [1.807, 2.05) is 0 Å². The number of carbonyl (C=O) groups is 2. The second-order valence-corrected chi connectivity index (χ2v) is 4.82. The maximum absolute atomic E-state index is 11.2. The molecule has 18 heavy (non-hydrogen) atoms. The van der Waals surface area contributed by atoms with Gasteiger partial charge in [-0.2, -0.15) is 0 Å². The third kappa shape index (κ3) is 2.49. The van der Waals surface area contributed by atoms with E-state index in [2.05, 4.69) is 0 Å². The Kier molecular flexibility index (Phi) is 3.59. The van der Waals surface area contributed by atoms with Crippen molar-refractivity contribution in [2.24, 2.45) is 0 Å². The van der Waals surface area contributed by atoms with Crippen molar-refractivity contribution in [1.29, 1.82) is 0 Å². The van der Waals surface area contributed by atoms with Crippen molar-refractivity contribution in [3.05, 3.63) is 0 Å². The summed E-state index contributed by atoms with van der Waals surface area (Å²) in [5, 5.41) is 0. The number of hydrogen-bond donors (Lipinski definition) is 0. The predicted octanol–water partition coefficient (Wildman–Crippen LogP) is 0.775. The Morgan fingerprint density at radius 2 is 1.94 bits per heavy atom. The van der Waals surface area contributed by atoms with Crippen LogP contribution in [0.1, 0.15) is 33.1 Å². The summed E-state index contributed by atoms with van der Waals surface area (Å²) in [6.07, 6.45) is 0.586. The standard InChI is InChI=1S/C12H18O6/c1-7(13)16-9-4-10-12(5-9,18-8(2)14)6-11(15-3)17-10/h9-11H,4-6H2,1-3H3/t9-,10-,11?,12+/m1/s1. The average Bonchev–Trinajstić information content (AvgIpc) is 2.67. The molecule has 1 saturated carbocycles. The first-order valence-corrected chi connectivity index (χ1v) is 6.00. The molecule has 0 aromatic rings. The molecule has 6 nitrogen and oxygen atoms in total. The van der Waals surface area contributed by atoms with Crippen molar-refractivity contribution in [1.82, 2.24) is 0 Å². The molecule has 0 radical (unpaired) electrons. The highest BCUT2D eigenvalue weighted by Gasteiger charge is 2.58. The lowest BCUT2D eigenvalue weighted by atomic mass is 9.97. The van der Waals surface area contributed by atoms with Gasteiger partial charge in [0.05, 0.1) is 0 Å². The molecule has 4 atom stereocenters. The molecular weight excluding hydrogens is 240 g/mol. The summed E-state index contributed by atoms with van der Waals surface area (Å²) in [5.41, 5.74) is -0.716. The summed E-state index contributed by atoms with van der Waals surface area (Å²) in [4.78, 5) is 22.2. The normalized spacial score (nSPS) is 38.3. The molecule has 1 aliphatic carbocycles. The van der Waals surface area contributed by atoms with Crippen LogP contribution in [0.4, 0.5) is 0 Å². The molecule has 0 N–H and O–H groups in total. The summed E-state index contributed by atoms with van der Waals surface area (Å²) in [6, 6.07) is 0. The van der Waals surface area contributed by atoms with Crippen LogP contribution in [-0.4, -0.2) is 43.1 Å². The average molecular weight is 258 g/mol. The van der Waals surface area contributed by atoms with Crippen LogP contribution in [0, 0.1) is 0 Å². The van der Waals surface area contributed by atoms with Gasteiger partial charge in [-0.25, -0.2) is 0 Å². The Morgan fingerprint density at radius 1 is 1.22 bits per heavy atom. The molecule has 1 saturated heterocycles. The second-order valence-electron chi connectivity index (χ2n) is 4.82. The van der Waals surface area contributed by atoms with Crippen LogP contribution in [0.3, 0.4) is 0 Å². The molecule has 2 aliphatic rings. The molecule has 0 bridgehead atoms. The van der Waals surface area contributed by atoms with Crippen LogP contribution in [0.25, 0.3) is 0 Å². The lowest BCUT2D eigenvalue weighted by molar-refractivity contribution is -0.161. The zero-order chi connectivity index (χ0) is 13.3. The van der Waals surface area contributed by atoms with E-state index in [1.54, 1.807) is 7.11 Å². The van der Waals surface area contributed by atoms with E-state index in [9.17, 15) is 9.59 Å².